The zero-order chi connectivity index (χ0) is 8.27. The van der Waals surface area contributed by atoms with Crippen LogP contribution in [0.1, 0.15) is 11.3 Å². The molecule has 0 aliphatic rings. The van der Waals surface area contributed by atoms with E-state index in [-0.39, 0.29) is 29.6 Å². The van der Waals surface area contributed by atoms with E-state index in [0.29, 0.717) is 13.0 Å². The maximum absolute atomic E-state index is 9.04. The number of phenolic OH excluding ortho intramolecular Hbond substituents is 2. The SMILES string of the molecule is Cl.NCCc1ccc(O)c(O)c1.[HH].[HH].[HH].[HH]. The fraction of sp³-hybridized carbons (Fsp3) is 0.250. The molecule has 3 nitrogen and oxygen atoms in total. The highest BCUT2D eigenvalue weighted by molar-refractivity contribution is 5.85. The summed E-state index contributed by atoms with van der Waals surface area (Å²) in [5.41, 5.74) is 6.24. The van der Waals surface area contributed by atoms with Crippen LogP contribution in [0, 0.1) is 0 Å². The molecule has 0 unspecified atom stereocenters. The topological polar surface area (TPSA) is 66.5 Å². The number of hydrogen-bond acceptors (Lipinski definition) is 3. The van der Waals surface area contributed by atoms with E-state index >= 15 is 0 Å². The van der Waals surface area contributed by atoms with Gasteiger partial charge in [-0.1, -0.05) is 6.07 Å². The first-order valence-electron chi connectivity index (χ1n) is 3.45. The summed E-state index contributed by atoms with van der Waals surface area (Å²) in [5, 5.41) is 18.0. The number of benzene rings is 1. The molecule has 12 heavy (non-hydrogen) atoms. The molecule has 0 saturated heterocycles. The molecule has 0 bridgehead atoms. The second-order valence-electron chi connectivity index (χ2n) is 2.36. The molecule has 1 aromatic carbocycles. The van der Waals surface area contributed by atoms with Crippen LogP contribution in [0.15, 0.2) is 18.2 Å². The second-order valence-corrected chi connectivity index (χ2v) is 2.36. The van der Waals surface area contributed by atoms with Crippen LogP contribution in [0.4, 0.5) is 0 Å². The third kappa shape index (κ3) is 2.60. The van der Waals surface area contributed by atoms with Crippen LogP contribution in [-0.2, 0) is 6.42 Å². The first-order chi connectivity index (χ1) is 5.24. The Bertz CT molecular complexity index is 266. The van der Waals surface area contributed by atoms with Crippen molar-refractivity contribution in [3.63, 3.8) is 0 Å². The smallest absolute Gasteiger partial charge is 0.157 e. The number of phenols is 2. The molecule has 0 radical (unpaired) electrons. The fourth-order valence-electron chi connectivity index (χ4n) is 0.891. The average molecular weight is 198 g/mol. The van der Waals surface area contributed by atoms with Crippen LogP contribution in [0.2, 0.25) is 0 Å². The Morgan fingerprint density at radius 1 is 1.25 bits per heavy atom. The third-order valence-electron chi connectivity index (χ3n) is 1.47. The van der Waals surface area contributed by atoms with E-state index in [1.54, 1.807) is 6.07 Å². The van der Waals surface area contributed by atoms with Crippen molar-refractivity contribution in [1.29, 1.82) is 0 Å². The number of rotatable bonds is 2. The summed E-state index contributed by atoms with van der Waals surface area (Å²) in [6.07, 6.45) is 0.716. The van der Waals surface area contributed by atoms with Crippen LogP contribution in [0.5, 0.6) is 11.5 Å². The van der Waals surface area contributed by atoms with Gasteiger partial charge in [0, 0.05) is 5.71 Å². The predicted molar refractivity (Wildman–Crippen MR) is 58.2 cm³/mol. The number of nitrogens with two attached hydrogens (primary N) is 1. The highest BCUT2D eigenvalue weighted by Crippen LogP contribution is 2.24. The minimum absolute atomic E-state index is 0. The molecule has 4 heteroatoms. The van der Waals surface area contributed by atoms with Crippen LogP contribution < -0.4 is 5.73 Å². The van der Waals surface area contributed by atoms with E-state index in [2.05, 4.69) is 0 Å². The molecular weight excluding hydrogens is 178 g/mol. The number of hydrogen-bond donors (Lipinski definition) is 3. The molecule has 0 aromatic heterocycles. The molecule has 0 amide bonds. The summed E-state index contributed by atoms with van der Waals surface area (Å²) >= 11 is 0. The Kier molecular flexibility index (Phi) is 4.47. The van der Waals surface area contributed by atoms with Crippen LogP contribution in [-0.4, -0.2) is 16.8 Å². The van der Waals surface area contributed by atoms with E-state index in [1.807, 2.05) is 0 Å². The lowest BCUT2D eigenvalue weighted by molar-refractivity contribution is 0.403. The third-order valence-corrected chi connectivity index (χ3v) is 1.47. The van der Waals surface area contributed by atoms with Gasteiger partial charge in [0.25, 0.3) is 0 Å². The lowest BCUT2D eigenvalue weighted by Gasteiger charge is -2.00. The lowest BCUT2D eigenvalue weighted by Crippen LogP contribution is -2.02. The molecule has 76 valence electrons. The molecule has 1 rings (SSSR count). The van der Waals surface area contributed by atoms with Crippen LogP contribution in [0.25, 0.3) is 0 Å². The largest absolute Gasteiger partial charge is 0.504 e. The Balaban J connectivity index is -0.0000000807. The van der Waals surface area contributed by atoms with E-state index < -0.39 is 0 Å². The van der Waals surface area contributed by atoms with Crippen molar-refractivity contribution < 1.29 is 15.9 Å². The quantitative estimate of drug-likeness (QED) is 0.636. The summed E-state index contributed by atoms with van der Waals surface area (Å²) in [4.78, 5) is 0. The van der Waals surface area contributed by atoms with Crippen molar-refractivity contribution in [2.75, 3.05) is 6.54 Å². The monoisotopic (exact) mass is 197 g/mol. The number of halogens is 1. The molecule has 1 aromatic rings. The van der Waals surface area contributed by atoms with Gasteiger partial charge >= 0.3 is 0 Å². The van der Waals surface area contributed by atoms with E-state index in [1.165, 1.54) is 12.1 Å². The van der Waals surface area contributed by atoms with Crippen molar-refractivity contribution >= 4 is 12.4 Å². The Morgan fingerprint density at radius 3 is 2.42 bits per heavy atom. The molecule has 0 atom stereocenters. The first kappa shape index (κ1) is 11.1. The van der Waals surface area contributed by atoms with E-state index in [9.17, 15) is 0 Å². The maximum atomic E-state index is 9.04. The maximum Gasteiger partial charge on any atom is 0.157 e. The van der Waals surface area contributed by atoms with Crippen molar-refractivity contribution in [1.82, 2.24) is 0 Å². The highest BCUT2D eigenvalue weighted by Gasteiger charge is 1.98. The average Bonchev–Trinajstić information content (AvgIpc) is 1.98. The molecule has 0 aliphatic heterocycles. The van der Waals surface area contributed by atoms with Crippen molar-refractivity contribution in [3.8, 4) is 11.5 Å². The van der Waals surface area contributed by atoms with Gasteiger partial charge in [0.1, 0.15) is 0 Å². The van der Waals surface area contributed by atoms with Gasteiger partial charge < -0.3 is 15.9 Å². The Morgan fingerprint density at radius 2 is 1.92 bits per heavy atom. The summed E-state index contributed by atoms with van der Waals surface area (Å²) in [6.45, 7) is 0.546. The standard InChI is InChI=1S/C8H11NO2.ClH.4H2/c9-4-3-6-1-2-7(10)8(11)5-6;;;;;/h1-2,5,10-11H,3-4,9H2;5*1H. The summed E-state index contributed by atoms with van der Waals surface area (Å²) in [6, 6.07) is 4.71. The van der Waals surface area contributed by atoms with Crippen LogP contribution >= 0.6 is 12.4 Å². The molecule has 4 N–H and O–H groups in total. The van der Waals surface area contributed by atoms with E-state index in [0.717, 1.165) is 5.56 Å². The summed E-state index contributed by atoms with van der Waals surface area (Å²) in [7, 11) is 0. The normalized spacial score (nSPS) is 9.08. The Labute approximate surface area is 83.2 Å². The van der Waals surface area contributed by atoms with Gasteiger partial charge in [0.05, 0.1) is 0 Å². The summed E-state index contributed by atoms with van der Waals surface area (Å²) in [5.74, 6) is -0.179. The van der Waals surface area contributed by atoms with Crippen molar-refractivity contribution in [2.24, 2.45) is 5.73 Å². The molecule has 0 heterocycles. The van der Waals surface area contributed by atoms with E-state index in [4.69, 9.17) is 15.9 Å². The minimum Gasteiger partial charge on any atom is -0.504 e. The first-order valence-corrected chi connectivity index (χ1v) is 3.45. The zero-order valence-electron chi connectivity index (χ0n) is 6.53. The minimum atomic E-state index is -0.0919. The van der Waals surface area contributed by atoms with Gasteiger partial charge in [-0.3, -0.25) is 0 Å². The van der Waals surface area contributed by atoms with Crippen molar-refractivity contribution in [3.05, 3.63) is 23.8 Å². The van der Waals surface area contributed by atoms with Gasteiger partial charge in [-0.15, -0.1) is 12.4 Å². The molecule has 0 aliphatic carbocycles. The van der Waals surface area contributed by atoms with Crippen LogP contribution in [0.3, 0.4) is 0 Å². The second kappa shape index (κ2) is 4.85. The fourth-order valence-corrected chi connectivity index (χ4v) is 0.891. The predicted octanol–water partition coefficient (Wildman–Crippen LogP) is 2.00. The van der Waals surface area contributed by atoms with Gasteiger partial charge in [0.2, 0.25) is 0 Å². The molecule has 0 fully saturated rings. The van der Waals surface area contributed by atoms with Gasteiger partial charge in [-0.2, -0.15) is 0 Å². The van der Waals surface area contributed by atoms with Gasteiger partial charge in [-0.25, -0.2) is 0 Å². The molecule has 0 spiro atoms. The molecule has 0 saturated carbocycles. The highest BCUT2D eigenvalue weighted by atomic mass is 35.5. The lowest BCUT2D eigenvalue weighted by atomic mass is 10.1. The number of aromatic hydroxyl groups is 2. The Hall–Kier alpha value is -0.930. The summed E-state index contributed by atoms with van der Waals surface area (Å²) < 4.78 is 0. The molecular formula is C8H20ClNO2. The van der Waals surface area contributed by atoms with Gasteiger partial charge in [-0.05, 0) is 30.7 Å². The van der Waals surface area contributed by atoms with Crippen molar-refractivity contribution in [2.45, 2.75) is 6.42 Å². The zero-order valence-corrected chi connectivity index (χ0v) is 7.34. The van der Waals surface area contributed by atoms with Gasteiger partial charge in [0.15, 0.2) is 11.5 Å².